The Labute approximate surface area is 385 Å². The van der Waals surface area contributed by atoms with Crippen LogP contribution in [0.2, 0.25) is 0 Å². The Morgan fingerprint density at radius 2 is 0.581 bits per heavy atom. The molecular weight excluding hydrogens is 769 g/mol. The monoisotopic (exact) mass is 871 g/mol. The number of allylic oxidation sites excluding steroid dienone is 6. The number of hydrogen-bond acceptors (Lipinski definition) is 6. The van der Waals surface area contributed by atoms with Crippen LogP contribution in [0.4, 0.5) is 0 Å². The number of hydrogen-bond donors (Lipinski definition) is 0. The molecule has 62 heavy (non-hydrogen) atoms. The van der Waals surface area contributed by atoms with E-state index in [1.807, 2.05) is 0 Å². The molecule has 1 atom stereocenters. The summed E-state index contributed by atoms with van der Waals surface area (Å²) in [6.07, 6.45) is 59.8. The number of carbonyl (C=O) groups excluding carboxylic acids is 3. The van der Waals surface area contributed by atoms with Gasteiger partial charge >= 0.3 is 17.9 Å². The van der Waals surface area contributed by atoms with Crippen LogP contribution in [0.5, 0.6) is 0 Å². The highest BCUT2D eigenvalue weighted by atomic mass is 16.6. The van der Waals surface area contributed by atoms with Crippen LogP contribution in [-0.2, 0) is 28.6 Å². The Bertz CT molecular complexity index is 1050. The van der Waals surface area contributed by atoms with Crippen LogP contribution in [0.3, 0.4) is 0 Å². The fourth-order valence-corrected chi connectivity index (χ4v) is 7.80. The van der Waals surface area contributed by atoms with Crippen molar-refractivity contribution in [2.24, 2.45) is 0 Å². The molecule has 0 aromatic heterocycles. The minimum absolute atomic E-state index is 0.0750. The second-order valence-corrected chi connectivity index (χ2v) is 18.2. The first-order valence-corrected chi connectivity index (χ1v) is 27.0. The molecule has 0 unspecified atom stereocenters. The van der Waals surface area contributed by atoms with E-state index in [-0.39, 0.29) is 31.1 Å². The van der Waals surface area contributed by atoms with Crippen molar-refractivity contribution in [1.29, 1.82) is 0 Å². The zero-order valence-corrected chi connectivity index (χ0v) is 41.4. The van der Waals surface area contributed by atoms with Crippen LogP contribution < -0.4 is 0 Å². The van der Waals surface area contributed by atoms with E-state index in [1.54, 1.807) is 0 Å². The molecule has 0 radical (unpaired) electrons. The number of esters is 3. The van der Waals surface area contributed by atoms with E-state index in [0.29, 0.717) is 19.3 Å². The van der Waals surface area contributed by atoms with E-state index >= 15 is 0 Å². The van der Waals surface area contributed by atoms with Gasteiger partial charge in [0, 0.05) is 19.3 Å². The average Bonchev–Trinajstić information content (AvgIpc) is 3.27. The van der Waals surface area contributed by atoms with Gasteiger partial charge in [-0.2, -0.15) is 0 Å². The molecule has 0 aliphatic carbocycles. The molecule has 6 heteroatoms. The standard InChI is InChI=1S/C56H102O6/c1-4-7-10-13-16-19-22-25-27-28-30-31-34-37-40-43-46-49-55(58)61-52-53(51-60-54(57)48-45-42-39-36-33-24-21-18-15-12-9-6-3)62-56(59)50-47-44-41-38-35-32-29-26-23-20-17-14-11-8-5-2/h16,19,25,27,30-31,53H,4-15,17-18,20-24,26,28-29,32-52H2,1-3H3/b19-16-,27-25-,31-30-/t53-/m0/s1. The number of ether oxygens (including phenoxy) is 3. The summed E-state index contributed by atoms with van der Waals surface area (Å²) in [5.74, 6) is -0.883. The molecular formula is C56H102O6. The van der Waals surface area contributed by atoms with Gasteiger partial charge in [-0.1, -0.05) is 243 Å². The SMILES string of the molecule is CCCCC/C=C\C/C=C\C/C=C\CCCCCCC(=O)OC[C@H](COC(=O)CCCCCCCCCCCCCC)OC(=O)CCCCCCCCCCCCCCCCC. The molecule has 0 rings (SSSR count). The van der Waals surface area contributed by atoms with E-state index in [2.05, 4.69) is 57.2 Å². The molecule has 0 heterocycles. The molecule has 0 N–H and O–H groups in total. The lowest BCUT2D eigenvalue weighted by Gasteiger charge is -2.18. The van der Waals surface area contributed by atoms with Gasteiger partial charge in [-0.15, -0.1) is 0 Å². The van der Waals surface area contributed by atoms with Gasteiger partial charge in [-0.05, 0) is 57.8 Å². The summed E-state index contributed by atoms with van der Waals surface area (Å²) in [4.78, 5) is 38.0. The fraction of sp³-hybridized carbons (Fsp3) is 0.839. The van der Waals surface area contributed by atoms with Gasteiger partial charge < -0.3 is 14.2 Å². The van der Waals surface area contributed by atoms with Gasteiger partial charge in [0.1, 0.15) is 13.2 Å². The van der Waals surface area contributed by atoms with Crippen molar-refractivity contribution in [2.45, 2.75) is 290 Å². The third-order valence-electron chi connectivity index (χ3n) is 11.9. The lowest BCUT2D eigenvalue weighted by atomic mass is 10.0. The third-order valence-corrected chi connectivity index (χ3v) is 11.9. The van der Waals surface area contributed by atoms with Crippen LogP contribution in [0.25, 0.3) is 0 Å². The number of unbranched alkanes of at least 4 members (excludes halogenated alkanes) is 32. The van der Waals surface area contributed by atoms with Crippen LogP contribution >= 0.6 is 0 Å². The van der Waals surface area contributed by atoms with Crippen LogP contribution in [0.15, 0.2) is 36.5 Å². The Morgan fingerprint density at radius 1 is 0.323 bits per heavy atom. The highest BCUT2D eigenvalue weighted by molar-refractivity contribution is 5.71. The summed E-state index contributed by atoms with van der Waals surface area (Å²) in [5.41, 5.74) is 0. The molecule has 0 fully saturated rings. The highest BCUT2D eigenvalue weighted by Crippen LogP contribution is 2.16. The summed E-state index contributed by atoms with van der Waals surface area (Å²) in [5, 5.41) is 0. The Balaban J connectivity index is 4.37. The number of carbonyl (C=O) groups is 3. The first-order valence-electron chi connectivity index (χ1n) is 27.0. The normalized spacial score (nSPS) is 12.2. The molecule has 0 aliphatic heterocycles. The average molecular weight is 871 g/mol. The third kappa shape index (κ3) is 48.7. The molecule has 0 saturated carbocycles. The lowest BCUT2D eigenvalue weighted by Crippen LogP contribution is -2.30. The minimum Gasteiger partial charge on any atom is -0.462 e. The smallest absolute Gasteiger partial charge is 0.306 e. The predicted octanol–water partition coefficient (Wildman–Crippen LogP) is 17.7. The predicted molar refractivity (Wildman–Crippen MR) is 266 cm³/mol. The largest absolute Gasteiger partial charge is 0.462 e. The first-order chi connectivity index (χ1) is 30.5. The second kappa shape index (κ2) is 51.3. The van der Waals surface area contributed by atoms with Crippen molar-refractivity contribution < 1.29 is 28.6 Å². The van der Waals surface area contributed by atoms with Crippen molar-refractivity contribution in [2.75, 3.05) is 13.2 Å². The van der Waals surface area contributed by atoms with Crippen LogP contribution in [0.1, 0.15) is 284 Å². The zero-order valence-electron chi connectivity index (χ0n) is 41.4. The summed E-state index contributed by atoms with van der Waals surface area (Å²) < 4.78 is 16.8. The van der Waals surface area contributed by atoms with Gasteiger partial charge in [0.05, 0.1) is 0 Å². The molecule has 0 spiro atoms. The maximum Gasteiger partial charge on any atom is 0.306 e. The molecule has 0 aromatic rings. The highest BCUT2D eigenvalue weighted by Gasteiger charge is 2.19. The Morgan fingerprint density at radius 3 is 0.935 bits per heavy atom. The van der Waals surface area contributed by atoms with Gasteiger partial charge in [0.2, 0.25) is 0 Å². The Hall–Kier alpha value is -2.37. The lowest BCUT2D eigenvalue weighted by molar-refractivity contribution is -0.167. The van der Waals surface area contributed by atoms with Crippen molar-refractivity contribution in [3.8, 4) is 0 Å². The van der Waals surface area contributed by atoms with Crippen molar-refractivity contribution in [3.05, 3.63) is 36.5 Å². The summed E-state index contributed by atoms with van der Waals surface area (Å²) in [7, 11) is 0. The van der Waals surface area contributed by atoms with Gasteiger partial charge in [0.15, 0.2) is 6.10 Å². The van der Waals surface area contributed by atoms with Crippen molar-refractivity contribution >= 4 is 17.9 Å². The van der Waals surface area contributed by atoms with E-state index in [1.165, 1.54) is 161 Å². The van der Waals surface area contributed by atoms with E-state index in [4.69, 9.17) is 14.2 Å². The molecule has 0 aliphatic rings. The first kappa shape index (κ1) is 59.6. The topological polar surface area (TPSA) is 78.9 Å². The number of rotatable bonds is 49. The molecule has 362 valence electrons. The van der Waals surface area contributed by atoms with Gasteiger partial charge in [0.25, 0.3) is 0 Å². The molecule has 6 nitrogen and oxygen atoms in total. The van der Waals surface area contributed by atoms with Crippen LogP contribution in [0, 0.1) is 0 Å². The van der Waals surface area contributed by atoms with Crippen molar-refractivity contribution in [1.82, 2.24) is 0 Å². The maximum atomic E-state index is 12.8. The summed E-state index contributed by atoms with van der Waals surface area (Å²) in [6.45, 7) is 6.62. The van der Waals surface area contributed by atoms with E-state index in [9.17, 15) is 14.4 Å². The summed E-state index contributed by atoms with van der Waals surface area (Å²) in [6, 6.07) is 0. The minimum atomic E-state index is -0.776. The zero-order chi connectivity index (χ0) is 45.1. The molecule has 0 aromatic carbocycles. The van der Waals surface area contributed by atoms with Crippen molar-refractivity contribution in [3.63, 3.8) is 0 Å². The fourth-order valence-electron chi connectivity index (χ4n) is 7.80. The molecule has 0 bridgehead atoms. The maximum absolute atomic E-state index is 12.8. The van der Waals surface area contributed by atoms with Gasteiger partial charge in [-0.25, -0.2) is 0 Å². The molecule has 0 saturated heterocycles. The Kier molecular flexibility index (Phi) is 49.3. The molecule has 0 amide bonds. The van der Waals surface area contributed by atoms with E-state index in [0.717, 1.165) is 83.5 Å². The van der Waals surface area contributed by atoms with E-state index < -0.39 is 6.10 Å². The second-order valence-electron chi connectivity index (χ2n) is 18.2. The quantitative estimate of drug-likeness (QED) is 0.0262. The van der Waals surface area contributed by atoms with Gasteiger partial charge in [-0.3, -0.25) is 14.4 Å². The summed E-state index contributed by atoms with van der Waals surface area (Å²) >= 11 is 0. The van der Waals surface area contributed by atoms with Crippen LogP contribution in [-0.4, -0.2) is 37.2 Å².